The number of aromatic nitrogens is 1. The van der Waals surface area contributed by atoms with E-state index in [1.165, 1.54) is 47.5 Å². The molecule has 0 aliphatic carbocycles. The zero-order valence-electron chi connectivity index (χ0n) is 17.5. The molecule has 0 saturated carbocycles. The molecule has 0 radical (unpaired) electrons. The van der Waals surface area contributed by atoms with Gasteiger partial charge in [0.1, 0.15) is 4.88 Å². The van der Waals surface area contributed by atoms with Crippen molar-refractivity contribution in [2.24, 2.45) is 0 Å². The van der Waals surface area contributed by atoms with Crippen molar-refractivity contribution in [1.82, 2.24) is 4.90 Å². The highest BCUT2D eigenvalue weighted by Gasteiger charge is 2.37. The van der Waals surface area contributed by atoms with Gasteiger partial charge >= 0.3 is 0 Å². The predicted molar refractivity (Wildman–Crippen MR) is 117 cm³/mol. The Kier molecular flexibility index (Phi) is 4.70. The smallest absolute Gasteiger partial charge is 0.281 e. The number of carbonyl (C=O) groups excluding carboxylic acids is 1. The van der Waals surface area contributed by atoms with Crippen molar-refractivity contribution >= 4 is 39.0 Å². The summed E-state index contributed by atoms with van der Waals surface area (Å²) in [7, 11) is 0. The first-order valence-electron chi connectivity index (χ1n) is 10.9. The minimum atomic E-state index is -0.227. The number of amides is 1. The number of fused-ring (bicyclic) bond motifs is 3. The van der Waals surface area contributed by atoms with Gasteiger partial charge in [0.25, 0.3) is 11.7 Å². The van der Waals surface area contributed by atoms with E-state index in [1.807, 2.05) is 4.90 Å². The molecule has 3 aliphatic heterocycles. The van der Waals surface area contributed by atoms with Crippen LogP contribution in [-0.4, -0.2) is 42.6 Å². The van der Waals surface area contributed by atoms with Crippen LogP contribution in [0.3, 0.4) is 0 Å². The Bertz CT molecular complexity index is 956. The van der Waals surface area contributed by atoms with Crippen LogP contribution in [0.1, 0.15) is 66.8 Å². The van der Waals surface area contributed by atoms with Crippen LogP contribution in [0.25, 0.3) is 10.2 Å². The minimum absolute atomic E-state index is 0.0968. The maximum atomic E-state index is 13.2. The number of ether oxygens (including phenoxy) is 1. The van der Waals surface area contributed by atoms with E-state index in [9.17, 15) is 4.79 Å². The predicted octanol–water partition coefficient (Wildman–Crippen LogP) is 3.38. The maximum absolute atomic E-state index is 13.2. The number of nitrogen functional groups attached to an aromatic ring is 1. The number of nitrogens with two attached hydrogens (primary N) is 1. The molecule has 0 spiro atoms. The lowest BCUT2D eigenvalue weighted by atomic mass is 9.89. The van der Waals surface area contributed by atoms with Crippen LogP contribution in [0.2, 0.25) is 0 Å². The van der Waals surface area contributed by atoms with E-state index in [1.54, 1.807) is 0 Å². The number of hydrogen-bond donors (Lipinski definition) is 1. The molecule has 3 aliphatic rings. The lowest BCUT2D eigenvalue weighted by Gasteiger charge is -2.32. The number of anilines is 2. The summed E-state index contributed by atoms with van der Waals surface area (Å²) < 4.78 is 6.17. The Morgan fingerprint density at radius 1 is 1.07 bits per heavy atom. The fourth-order valence-corrected chi connectivity index (χ4v) is 6.13. The van der Waals surface area contributed by atoms with Crippen LogP contribution in [0.5, 0.6) is 0 Å². The second kappa shape index (κ2) is 7.13. The zero-order valence-corrected chi connectivity index (χ0v) is 18.3. The second-order valence-corrected chi connectivity index (χ2v) is 10.3. The average Bonchev–Trinajstić information content (AvgIpc) is 3.35. The van der Waals surface area contributed by atoms with E-state index >= 15 is 0 Å². The van der Waals surface area contributed by atoms with Crippen LogP contribution in [0.15, 0.2) is 0 Å². The van der Waals surface area contributed by atoms with Gasteiger partial charge in [-0.25, -0.2) is 4.98 Å². The van der Waals surface area contributed by atoms with E-state index in [4.69, 9.17) is 10.5 Å². The van der Waals surface area contributed by atoms with Crippen LogP contribution in [0.4, 0.5) is 11.5 Å². The summed E-state index contributed by atoms with van der Waals surface area (Å²) in [5.74, 6) is 1.26. The first-order valence-corrected chi connectivity index (χ1v) is 11.7. The van der Waals surface area contributed by atoms with Gasteiger partial charge in [0, 0.05) is 19.5 Å². The largest absolute Gasteiger partial charge is 0.397 e. The molecule has 0 bridgehead atoms. The molecule has 5 rings (SSSR count). The fourth-order valence-electron chi connectivity index (χ4n) is 5.01. The topological polar surface area (TPSA) is 72.9 Å². The highest BCUT2D eigenvalue weighted by Crippen LogP contribution is 2.42. The third-order valence-electron chi connectivity index (χ3n) is 6.60. The number of aromatic amines is 1. The number of nitrogens with one attached hydrogen (secondary N) is 1. The van der Waals surface area contributed by atoms with E-state index in [0.29, 0.717) is 17.2 Å². The molecule has 29 heavy (non-hydrogen) atoms. The van der Waals surface area contributed by atoms with E-state index in [-0.39, 0.29) is 11.5 Å². The SMILES string of the molecule is CC1(C)Cc2c(c(N3CCCC3)[nH+]c3sc(C(=O)N4CCCCC4)c(N)c23)CO1. The van der Waals surface area contributed by atoms with Crippen molar-refractivity contribution in [1.29, 1.82) is 0 Å². The van der Waals surface area contributed by atoms with Gasteiger partial charge in [-0.2, -0.15) is 0 Å². The Balaban J connectivity index is 1.65. The Morgan fingerprint density at radius 2 is 1.76 bits per heavy atom. The molecule has 0 unspecified atom stereocenters. The quantitative estimate of drug-likeness (QED) is 0.816. The molecule has 6 nitrogen and oxygen atoms in total. The van der Waals surface area contributed by atoms with Crippen molar-refractivity contribution in [3.63, 3.8) is 0 Å². The second-order valence-electron chi connectivity index (χ2n) is 9.25. The van der Waals surface area contributed by atoms with Crippen molar-refractivity contribution in [3.8, 4) is 0 Å². The van der Waals surface area contributed by atoms with Crippen molar-refractivity contribution in [3.05, 3.63) is 16.0 Å². The maximum Gasteiger partial charge on any atom is 0.281 e. The Morgan fingerprint density at radius 3 is 2.48 bits per heavy atom. The molecule has 0 atom stereocenters. The van der Waals surface area contributed by atoms with Crippen molar-refractivity contribution < 1.29 is 14.5 Å². The summed E-state index contributed by atoms with van der Waals surface area (Å²) in [6, 6.07) is 0. The molecule has 2 fully saturated rings. The van der Waals surface area contributed by atoms with Crippen molar-refractivity contribution in [2.45, 2.75) is 64.6 Å². The molecule has 2 aromatic rings. The van der Waals surface area contributed by atoms with Crippen LogP contribution >= 0.6 is 11.3 Å². The highest BCUT2D eigenvalue weighted by molar-refractivity contribution is 7.20. The van der Waals surface area contributed by atoms with Gasteiger partial charge in [-0.15, -0.1) is 0 Å². The molecule has 0 aromatic carbocycles. The van der Waals surface area contributed by atoms with Gasteiger partial charge in [0.15, 0.2) is 4.83 Å². The summed E-state index contributed by atoms with van der Waals surface area (Å²) in [6.07, 6.45) is 6.63. The van der Waals surface area contributed by atoms with Crippen LogP contribution < -0.4 is 15.6 Å². The summed E-state index contributed by atoms with van der Waals surface area (Å²) in [5, 5.41) is 1.05. The number of piperidine rings is 1. The van der Waals surface area contributed by atoms with Crippen molar-refractivity contribution in [2.75, 3.05) is 36.8 Å². The number of rotatable bonds is 2. The summed E-state index contributed by atoms with van der Waals surface area (Å²) in [6.45, 7) is 8.68. The summed E-state index contributed by atoms with van der Waals surface area (Å²) >= 11 is 1.53. The molecule has 3 N–H and O–H groups in total. The molecule has 1 amide bonds. The van der Waals surface area contributed by atoms with Gasteiger partial charge in [0.2, 0.25) is 0 Å². The van der Waals surface area contributed by atoms with Gasteiger partial charge in [-0.05, 0) is 51.5 Å². The lowest BCUT2D eigenvalue weighted by Crippen LogP contribution is -2.36. The molecule has 156 valence electrons. The lowest BCUT2D eigenvalue weighted by molar-refractivity contribution is -0.328. The zero-order chi connectivity index (χ0) is 20.2. The normalized spacial score (nSPS) is 21.6. The summed E-state index contributed by atoms with van der Waals surface area (Å²) in [4.78, 5) is 23.0. The number of thiophene rings is 1. The molecule has 2 aromatic heterocycles. The van der Waals surface area contributed by atoms with Gasteiger partial charge in [0.05, 0.1) is 41.9 Å². The standard InChI is InChI=1S/C22H30N4O2S/c1-22(2)12-14-15(13-28-22)19(25-8-6-7-9-25)24-20-16(14)17(23)18(29-20)21(27)26-10-4-3-5-11-26/h3-13,23H2,1-2H3/p+1. The van der Waals surface area contributed by atoms with Crippen LogP contribution in [0, 0.1) is 0 Å². The molecule has 5 heterocycles. The third kappa shape index (κ3) is 3.28. The third-order valence-corrected chi connectivity index (χ3v) is 7.71. The van der Waals surface area contributed by atoms with Gasteiger partial charge < -0.3 is 15.4 Å². The Hall–Kier alpha value is -1.86. The first-order chi connectivity index (χ1) is 13.9. The number of carbonyl (C=O) groups is 1. The number of nitrogens with zero attached hydrogens (tertiary/aromatic N) is 2. The number of hydrogen-bond acceptors (Lipinski definition) is 5. The first kappa shape index (κ1) is 19.1. The van der Waals surface area contributed by atoms with E-state index in [0.717, 1.165) is 55.7 Å². The molecular formula is C22H31N4O2S+. The molecular weight excluding hydrogens is 384 g/mol. The Labute approximate surface area is 176 Å². The van der Waals surface area contributed by atoms with Gasteiger partial charge in [-0.3, -0.25) is 9.69 Å². The fraction of sp³-hybridized carbons (Fsp3) is 0.636. The van der Waals surface area contributed by atoms with E-state index < -0.39 is 0 Å². The monoisotopic (exact) mass is 415 g/mol. The number of likely N-dealkylation sites (tertiary alicyclic amines) is 1. The average molecular weight is 416 g/mol. The number of H-pyrrole nitrogens is 1. The van der Waals surface area contributed by atoms with E-state index in [2.05, 4.69) is 23.7 Å². The van der Waals surface area contributed by atoms with Gasteiger partial charge in [-0.1, -0.05) is 11.3 Å². The minimum Gasteiger partial charge on any atom is -0.397 e. The number of pyridine rings is 1. The summed E-state index contributed by atoms with van der Waals surface area (Å²) in [5.41, 5.74) is 9.57. The molecule has 2 saturated heterocycles. The van der Waals surface area contributed by atoms with Crippen LogP contribution in [-0.2, 0) is 17.8 Å². The highest BCUT2D eigenvalue weighted by atomic mass is 32.1. The molecule has 7 heteroatoms.